The van der Waals surface area contributed by atoms with Crippen molar-refractivity contribution in [3.63, 3.8) is 0 Å². The second-order valence-electron chi connectivity index (χ2n) is 4.12. The second-order valence-corrected chi connectivity index (χ2v) is 5.17. The van der Waals surface area contributed by atoms with Gasteiger partial charge >= 0.3 is 0 Å². The van der Waals surface area contributed by atoms with Gasteiger partial charge in [0.25, 0.3) is 0 Å². The van der Waals surface area contributed by atoms with E-state index < -0.39 is 6.10 Å². The number of nitrogens with one attached hydrogen (secondary N) is 1. The zero-order chi connectivity index (χ0) is 14.4. The molecule has 0 aliphatic heterocycles. The first-order valence-corrected chi connectivity index (χ1v) is 6.99. The monoisotopic (exact) mass is 295 g/mol. The molecular weight excluding hydrogens is 281 g/mol. The first-order chi connectivity index (χ1) is 9.65. The first kappa shape index (κ1) is 14.6. The van der Waals surface area contributed by atoms with E-state index in [2.05, 4.69) is 5.32 Å². The molecule has 0 unspecified atom stereocenters. The molecule has 1 heterocycles. The molecular formula is C14H14FNO3S. The molecule has 0 fully saturated rings. The highest BCUT2D eigenvalue weighted by atomic mass is 32.2. The van der Waals surface area contributed by atoms with Crippen LogP contribution in [0.4, 0.5) is 4.39 Å². The summed E-state index contributed by atoms with van der Waals surface area (Å²) in [6, 6.07) is 7.58. The van der Waals surface area contributed by atoms with Crippen LogP contribution in [0.25, 0.3) is 0 Å². The van der Waals surface area contributed by atoms with Crippen molar-refractivity contribution in [1.29, 1.82) is 0 Å². The van der Waals surface area contributed by atoms with Gasteiger partial charge in [0.15, 0.2) is 0 Å². The fourth-order valence-corrected chi connectivity index (χ4v) is 2.25. The normalized spacial score (nSPS) is 12.1. The number of thioether (sulfide) groups is 1. The van der Waals surface area contributed by atoms with Crippen LogP contribution in [0.15, 0.2) is 52.2 Å². The van der Waals surface area contributed by atoms with E-state index in [1.54, 1.807) is 18.2 Å². The highest BCUT2D eigenvalue weighted by molar-refractivity contribution is 8.00. The van der Waals surface area contributed by atoms with Crippen LogP contribution < -0.4 is 5.32 Å². The van der Waals surface area contributed by atoms with E-state index in [1.807, 2.05) is 0 Å². The van der Waals surface area contributed by atoms with Gasteiger partial charge in [-0.1, -0.05) is 0 Å². The van der Waals surface area contributed by atoms with Gasteiger partial charge in [-0.25, -0.2) is 4.39 Å². The van der Waals surface area contributed by atoms with Crippen LogP contribution in [0.5, 0.6) is 0 Å². The van der Waals surface area contributed by atoms with E-state index in [0.29, 0.717) is 5.56 Å². The molecule has 106 valence electrons. The Bertz CT molecular complexity index is 542. The Balaban J connectivity index is 1.71. The van der Waals surface area contributed by atoms with Crippen molar-refractivity contribution in [2.24, 2.45) is 0 Å². The molecule has 0 aliphatic carbocycles. The van der Waals surface area contributed by atoms with E-state index in [1.165, 1.54) is 36.4 Å². The van der Waals surface area contributed by atoms with Crippen molar-refractivity contribution in [1.82, 2.24) is 5.32 Å². The minimum Gasteiger partial charge on any atom is -0.472 e. The van der Waals surface area contributed by atoms with Crippen LogP contribution in [-0.2, 0) is 4.79 Å². The van der Waals surface area contributed by atoms with Crippen LogP contribution in [0, 0.1) is 5.82 Å². The number of carbonyl (C=O) groups is 1. The molecule has 0 aliphatic rings. The molecule has 1 aromatic heterocycles. The molecule has 1 amide bonds. The number of halogens is 1. The third kappa shape index (κ3) is 4.40. The predicted molar refractivity (Wildman–Crippen MR) is 73.8 cm³/mol. The van der Waals surface area contributed by atoms with E-state index in [4.69, 9.17) is 4.42 Å². The molecule has 0 saturated carbocycles. The zero-order valence-electron chi connectivity index (χ0n) is 10.6. The van der Waals surface area contributed by atoms with Crippen molar-refractivity contribution in [2.45, 2.75) is 11.0 Å². The average Bonchev–Trinajstić information content (AvgIpc) is 2.98. The molecule has 0 spiro atoms. The Morgan fingerprint density at radius 3 is 2.75 bits per heavy atom. The van der Waals surface area contributed by atoms with Gasteiger partial charge in [0.1, 0.15) is 5.82 Å². The minimum atomic E-state index is -0.784. The van der Waals surface area contributed by atoms with Crippen molar-refractivity contribution in [3.05, 3.63) is 54.2 Å². The second kappa shape index (κ2) is 7.12. The summed E-state index contributed by atoms with van der Waals surface area (Å²) in [7, 11) is 0. The quantitative estimate of drug-likeness (QED) is 0.803. The van der Waals surface area contributed by atoms with Crippen molar-refractivity contribution in [2.75, 3.05) is 12.3 Å². The number of aliphatic hydroxyl groups is 1. The third-order valence-electron chi connectivity index (χ3n) is 2.60. The van der Waals surface area contributed by atoms with Crippen LogP contribution in [-0.4, -0.2) is 23.3 Å². The maximum absolute atomic E-state index is 12.7. The summed E-state index contributed by atoms with van der Waals surface area (Å²) in [6.07, 6.45) is 2.11. The minimum absolute atomic E-state index is 0.127. The lowest BCUT2D eigenvalue weighted by Gasteiger charge is -2.09. The summed E-state index contributed by atoms with van der Waals surface area (Å²) in [5.74, 6) is -0.284. The molecule has 2 N–H and O–H groups in total. The molecule has 0 bridgehead atoms. The summed E-state index contributed by atoms with van der Waals surface area (Å²) in [5, 5.41) is 12.4. The van der Waals surface area contributed by atoms with Crippen LogP contribution in [0.2, 0.25) is 0 Å². The summed E-state index contributed by atoms with van der Waals surface area (Å²) in [5.41, 5.74) is 0.622. The van der Waals surface area contributed by atoms with Gasteiger partial charge < -0.3 is 14.8 Å². The van der Waals surface area contributed by atoms with Gasteiger partial charge in [-0.3, -0.25) is 4.79 Å². The zero-order valence-corrected chi connectivity index (χ0v) is 11.4. The third-order valence-corrected chi connectivity index (χ3v) is 3.62. The largest absolute Gasteiger partial charge is 0.472 e. The van der Waals surface area contributed by atoms with Crippen molar-refractivity contribution in [3.8, 4) is 0 Å². The van der Waals surface area contributed by atoms with Crippen LogP contribution in [0.3, 0.4) is 0 Å². The highest BCUT2D eigenvalue weighted by Crippen LogP contribution is 2.17. The lowest BCUT2D eigenvalue weighted by molar-refractivity contribution is -0.119. The van der Waals surface area contributed by atoms with Gasteiger partial charge in [0.05, 0.1) is 24.4 Å². The summed E-state index contributed by atoms with van der Waals surface area (Å²) >= 11 is 1.31. The maximum atomic E-state index is 12.7. The van der Waals surface area contributed by atoms with Crippen molar-refractivity contribution < 1.29 is 18.7 Å². The van der Waals surface area contributed by atoms with E-state index >= 15 is 0 Å². The Hall–Kier alpha value is -1.79. The van der Waals surface area contributed by atoms with Gasteiger partial charge in [0, 0.05) is 17.0 Å². The Kier molecular flexibility index (Phi) is 5.20. The summed E-state index contributed by atoms with van der Waals surface area (Å²) in [6.45, 7) is 0.127. The number of benzene rings is 1. The Morgan fingerprint density at radius 2 is 2.10 bits per heavy atom. The SMILES string of the molecule is O=C(CSc1ccc(F)cc1)NC[C@H](O)c1ccoc1. The number of furan rings is 1. The number of carbonyl (C=O) groups excluding carboxylic acids is 1. The lowest BCUT2D eigenvalue weighted by Crippen LogP contribution is -2.29. The topological polar surface area (TPSA) is 62.5 Å². The number of hydrogen-bond acceptors (Lipinski definition) is 4. The molecule has 2 rings (SSSR count). The number of hydrogen-bond donors (Lipinski definition) is 2. The fraction of sp³-hybridized carbons (Fsp3) is 0.214. The lowest BCUT2D eigenvalue weighted by atomic mass is 10.2. The van der Waals surface area contributed by atoms with E-state index in [-0.39, 0.29) is 24.0 Å². The number of rotatable bonds is 6. The molecule has 4 nitrogen and oxygen atoms in total. The van der Waals surface area contributed by atoms with Gasteiger partial charge in [-0.15, -0.1) is 11.8 Å². The maximum Gasteiger partial charge on any atom is 0.230 e. The molecule has 0 radical (unpaired) electrons. The van der Waals surface area contributed by atoms with E-state index in [9.17, 15) is 14.3 Å². The molecule has 20 heavy (non-hydrogen) atoms. The van der Waals surface area contributed by atoms with Gasteiger partial charge in [-0.2, -0.15) is 0 Å². The first-order valence-electron chi connectivity index (χ1n) is 6.00. The van der Waals surface area contributed by atoms with Crippen molar-refractivity contribution >= 4 is 17.7 Å². The van der Waals surface area contributed by atoms with Crippen LogP contribution >= 0.6 is 11.8 Å². The average molecular weight is 295 g/mol. The van der Waals surface area contributed by atoms with Gasteiger partial charge in [0.2, 0.25) is 5.91 Å². The number of aliphatic hydroxyl groups excluding tert-OH is 1. The smallest absolute Gasteiger partial charge is 0.230 e. The molecule has 2 aromatic rings. The predicted octanol–water partition coefficient (Wildman–Crippen LogP) is 2.36. The highest BCUT2D eigenvalue weighted by Gasteiger charge is 2.10. The standard InChI is InChI=1S/C14H14FNO3S/c15-11-1-3-12(4-2-11)20-9-14(18)16-7-13(17)10-5-6-19-8-10/h1-6,8,13,17H,7,9H2,(H,16,18)/t13-/m0/s1. The van der Waals surface area contributed by atoms with Crippen LogP contribution in [0.1, 0.15) is 11.7 Å². The summed E-state index contributed by atoms with van der Waals surface area (Å²) in [4.78, 5) is 12.4. The van der Waals surface area contributed by atoms with E-state index in [0.717, 1.165) is 4.90 Å². The fourth-order valence-electron chi connectivity index (χ4n) is 1.52. The summed E-state index contributed by atoms with van der Waals surface area (Å²) < 4.78 is 17.6. The molecule has 1 aromatic carbocycles. The Labute approximate surface area is 120 Å². The van der Waals surface area contributed by atoms with Gasteiger partial charge in [-0.05, 0) is 30.3 Å². The molecule has 6 heteroatoms. The molecule has 0 saturated heterocycles. The molecule has 1 atom stereocenters. The number of amides is 1. The Morgan fingerprint density at radius 1 is 1.35 bits per heavy atom.